The summed E-state index contributed by atoms with van der Waals surface area (Å²) >= 11 is 1.13. The maximum Gasteiger partial charge on any atom is 0.348 e. The molecule has 3 aromatic heterocycles. The van der Waals surface area contributed by atoms with Crippen LogP contribution in [0.15, 0.2) is 51.9 Å². The SMILES string of the molecule is COC(=O)c1sc2nc(CN(Cc3ccco3)C[C@H](O)COc3ccccc3C)[nH]c(=O)c2c1C. The molecule has 1 aromatic carbocycles. The minimum absolute atomic E-state index is 0.106. The summed E-state index contributed by atoms with van der Waals surface area (Å²) in [5.74, 6) is 1.34. The summed E-state index contributed by atoms with van der Waals surface area (Å²) < 4.78 is 16.1. The number of carbonyl (C=O) groups is 1. The Hall–Kier alpha value is -3.47. The van der Waals surface area contributed by atoms with Gasteiger partial charge in [-0.1, -0.05) is 18.2 Å². The number of para-hydroxylation sites is 1. The lowest BCUT2D eigenvalue weighted by molar-refractivity contribution is 0.0592. The van der Waals surface area contributed by atoms with Gasteiger partial charge < -0.3 is 24.0 Å². The number of aryl methyl sites for hydroxylation is 2. The monoisotopic (exact) mass is 497 g/mol. The molecule has 0 saturated carbocycles. The van der Waals surface area contributed by atoms with Crippen molar-refractivity contribution in [3.8, 4) is 5.75 Å². The number of methoxy groups -OCH3 is 1. The fraction of sp³-hybridized carbons (Fsp3) is 0.320. The van der Waals surface area contributed by atoms with Crippen molar-refractivity contribution >= 4 is 27.5 Å². The molecule has 2 N–H and O–H groups in total. The summed E-state index contributed by atoms with van der Waals surface area (Å²) in [6.45, 7) is 4.65. The van der Waals surface area contributed by atoms with Crippen LogP contribution in [0.5, 0.6) is 5.75 Å². The molecule has 4 rings (SSSR count). The van der Waals surface area contributed by atoms with Gasteiger partial charge in [-0.2, -0.15) is 0 Å². The molecule has 0 unspecified atom stereocenters. The smallest absolute Gasteiger partial charge is 0.348 e. The van der Waals surface area contributed by atoms with Crippen molar-refractivity contribution in [2.45, 2.75) is 33.0 Å². The van der Waals surface area contributed by atoms with E-state index in [4.69, 9.17) is 13.9 Å². The van der Waals surface area contributed by atoms with Gasteiger partial charge in [0.15, 0.2) is 0 Å². The molecule has 9 nitrogen and oxygen atoms in total. The van der Waals surface area contributed by atoms with E-state index in [0.717, 1.165) is 22.6 Å². The number of furan rings is 1. The molecule has 0 aliphatic carbocycles. The van der Waals surface area contributed by atoms with E-state index in [1.165, 1.54) is 7.11 Å². The van der Waals surface area contributed by atoms with Gasteiger partial charge in [0.05, 0.1) is 31.8 Å². The Morgan fingerprint density at radius 1 is 1.23 bits per heavy atom. The number of esters is 1. The van der Waals surface area contributed by atoms with Crippen LogP contribution in [0.1, 0.15) is 32.4 Å². The summed E-state index contributed by atoms with van der Waals surface area (Å²) in [6, 6.07) is 11.2. The van der Waals surface area contributed by atoms with E-state index in [9.17, 15) is 14.7 Å². The van der Waals surface area contributed by atoms with E-state index >= 15 is 0 Å². The summed E-state index contributed by atoms with van der Waals surface area (Å²) in [7, 11) is 1.30. The zero-order chi connectivity index (χ0) is 24.9. The first-order valence-electron chi connectivity index (χ1n) is 11.1. The van der Waals surface area contributed by atoms with E-state index in [2.05, 4.69) is 9.97 Å². The van der Waals surface area contributed by atoms with Gasteiger partial charge in [-0.3, -0.25) is 9.69 Å². The third kappa shape index (κ3) is 5.79. The number of nitrogens with zero attached hydrogens (tertiary/aromatic N) is 2. The number of hydrogen-bond donors (Lipinski definition) is 2. The van der Waals surface area contributed by atoms with Crippen LogP contribution >= 0.6 is 11.3 Å². The van der Waals surface area contributed by atoms with Crippen LogP contribution in [-0.4, -0.2) is 52.3 Å². The van der Waals surface area contributed by atoms with Gasteiger partial charge in [-0.05, 0) is 43.2 Å². The quantitative estimate of drug-likeness (QED) is 0.320. The number of carbonyl (C=O) groups excluding carboxylic acids is 1. The van der Waals surface area contributed by atoms with Crippen LogP contribution in [0.2, 0.25) is 0 Å². The van der Waals surface area contributed by atoms with Crippen molar-refractivity contribution in [3.63, 3.8) is 0 Å². The number of thiophene rings is 1. The third-order valence-corrected chi connectivity index (χ3v) is 6.71. The van der Waals surface area contributed by atoms with Crippen molar-refractivity contribution in [2.75, 3.05) is 20.3 Å². The standard InChI is InChI=1S/C25H27N3O6S/c1-15-7-4-5-9-19(15)34-14-17(29)11-28(12-18-8-6-10-33-18)13-20-26-23(30)21-16(2)22(25(31)32-3)35-24(21)27-20/h4-10,17,29H,11-14H2,1-3H3,(H,26,27,30)/t17-/m0/s1. The van der Waals surface area contributed by atoms with E-state index in [0.29, 0.717) is 38.8 Å². The van der Waals surface area contributed by atoms with Gasteiger partial charge >= 0.3 is 5.97 Å². The van der Waals surface area contributed by atoms with Crippen molar-refractivity contribution in [1.29, 1.82) is 0 Å². The van der Waals surface area contributed by atoms with Crippen LogP contribution in [0.3, 0.4) is 0 Å². The number of nitrogens with one attached hydrogen (secondary N) is 1. The third-order valence-electron chi connectivity index (χ3n) is 5.55. The Bertz CT molecular complexity index is 1360. The van der Waals surface area contributed by atoms with Gasteiger partial charge in [-0.15, -0.1) is 11.3 Å². The zero-order valence-electron chi connectivity index (χ0n) is 19.7. The number of fused-ring (bicyclic) bond motifs is 1. The van der Waals surface area contributed by atoms with Gasteiger partial charge in [0.1, 0.15) is 39.8 Å². The molecule has 1 atom stereocenters. The molecule has 3 heterocycles. The average molecular weight is 498 g/mol. The fourth-order valence-corrected chi connectivity index (χ4v) is 4.94. The Kier molecular flexibility index (Phi) is 7.64. The molecule has 0 aliphatic rings. The van der Waals surface area contributed by atoms with Gasteiger partial charge in [-0.25, -0.2) is 9.78 Å². The molecule has 0 fully saturated rings. The molecule has 10 heteroatoms. The van der Waals surface area contributed by atoms with Crippen molar-refractivity contribution in [1.82, 2.24) is 14.9 Å². The van der Waals surface area contributed by atoms with E-state index in [1.54, 1.807) is 19.3 Å². The van der Waals surface area contributed by atoms with Crippen molar-refractivity contribution in [3.05, 3.63) is 80.6 Å². The van der Waals surface area contributed by atoms with Gasteiger partial charge in [0, 0.05) is 6.54 Å². The summed E-state index contributed by atoms with van der Waals surface area (Å²) in [4.78, 5) is 35.0. The van der Waals surface area contributed by atoms with Crippen LogP contribution in [-0.2, 0) is 17.8 Å². The highest BCUT2D eigenvalue weighted by molar-refractivity contribution is 7.20. The Balaban J connectivity index is 1.53. The molecule has 0 aliphatic heterocycles. The molecule has 4 aromatic rings. The largest absolute Gasteiger partial charge is 0.491 e. The number of aromatic nitrogens is 2. The molecule has 0 spiro atoms. The second-order valence-electron chi connectivity index (χ2n) is 8.22. The number of rotatable bonds is 10. The maximum absolute atomic E-state index is 12.8. The number of hydrogen-bond acceptors (Lipinski definition) is 9. The molecule has 0 amide bonds. The minimum atomic E-state index is -0.796. The summed E-state index contributed by atoms with van der Waals surface area (Å²) in [5, 5.41) is 11.1. The van der Waals surface area contributed by atoms with Crippen molar-refractivity contribution < 1.29 is 23.8 Å². The predicted octanol–water partition coefficient (Wildman–Crippen LogP) is 3.42. The highest BCUT2D eigenvalue weighted by Crippen LogP contribution is 2.27. The maximum atomic E-state index is 12.8. The normalized spacial score (nSPS) is 12.3. The summed E-state index contributed by atoms with van der Waals surface area (Å²) in [5.41, 5.74) is 1.21. The summed E-state index contributed by atoms with van der Waals surface area (Å²) in [6.07, 6.45) is 0.787. The lowest BCUT2D eigenvalue weighted by Gasteiger charge is -2.24. The van der Waals surface area contributed by atoms with Crippen LogP contribution in [0.4, 0.5) is 0 Å². The second kappa shape index (κ2) is 10.9. The molecule has 0 radical (unpaired) electrons. The number of ether oxygens (including phenoxy) is 2. The predicted molar refractivity (Wildman–Crippen MR) is 132 cm³/mol. The van der Waals surface area contributed by atoms with Crippen LogP contribution in [0.25, 0.3) is 10.2 Å². The zero-order valence-corrected chi connectivity index (χ0v) is 20.6. The molecular weight excluding hydrogens is 470 g/mol. The van der Waals surface area contributed by atoms with E-state index in [-0.39, 0.29) is 25.3 Å². The van der Waals surface area contributed by atoms with E-state index in [1.807, 2.05) is 42.2 Å². The minimum Gasteiger partial charge on any atom is -0.491 e. The number of H-pyrrole nitrogens is 1. The number of aliphatic hydroxyl groups is 1. The van der Waals surface area contributed by atoms with Gasteiger partial charge in [0.25, 0.3) is 5.56 Å². The Morgan fingerprint density at radius 2 is 2.03 bits per heavy atom. The lowest BCUT2D eigenvalue weighted by Crippen LogP contribution is -2.35. The first-order chi connectivity index (χ1) is 16.9. The lowest BCUT2D eigenvalue weighted by atomic mass is 10.2. The number of aromatic amines is 1. The second-order valence-corrected chi connectivity index (χ2v) is 9.22. The fourth-order valence-electron chi connectivity index (χ4n) is 3.83. The first-order valence-corrected chi connectivity index (χ1v) is 11.9. The Morgan fingerprint density at radius 3 is 2.74 bits per heavy atom. The molecule has 0 saturated heterocycles. The average Bonchev–Trinajstić information content (AvgIpc) is 3.45. The first kappa shape index (κ1) is 24.6. The Labute approximate surface area is 205 Å². The van der Waals surface area contributed by atoms with Gasteiger partial charge in [0.2, 0.25) is 0 Å². The highest BCUT2D eigenvalue weighted by atomic mass is 32.1. The number of benzene rings is 1. The topological polar surface area (TPSA) is 118 Å². The van der Waals surface area contributed by atoms with Crippen LogP contribution in [0, 0.1) is 13.8 Å². The molecule has 0 bridgehead atoms. The van der Waals surface area contributed by atoms with Crippen LogP contribution < -0.4 is 10.3 Å². The molecule has 35 heavy (non-hydrogen) atoms. The molecular formula is C25H27N3O6S. The highest BCUT2D eigenvalue weighted by Gasteiger charge is 2.21. The van der Waals surface area contributed by atoms with Crippen molar-refractivity contribution in [2.24, 2.45) is 0 Å². The van der Waals surface area contributed by atoms with E-state index < -0.39 is 12.1 Å². The molecule has 184 valence electrons. The number of aliphatic hydroxyl groups excluding tert-OH is 1.